The summed E-state index contributed by atoms with van der Waals surface area (Å²) in [7, 11) is 0. The highest BCUT2D eigenvalue weighted by Crippen LogP contribution is 2.25. The summed E-state index contributed by atoms with van der Waals surface area (Å²) in [6.45, 7) is 0.626. The molecule has 0 atom stereocenters. The van der Waals surface area contributed by atoms with Crippen molar-refractivity contribution in [3.8, 4) is 5.75 Å². The number of benzene rings is 1. The number of carbonyl (C=O) groups is 1. The Labute approximate surface area is 120 Å². The van der Waals surface area contributed by atoms with Crippen molar-refractivity contribution in [1.29, 1.82) is 0 Å². The molecule has 1 aromatic rings. The molecule has 0 aromatic heterocycles. The van der Waals surface area contributed by atoms with Crippen LogP contribution in [0.1, 0.15) is 25.7 Å². The molecule has 116 valence electrons. The molecular weight excluding hydrogens is 285 g/mol. The Balaban J connectivity index is 1.78. The SMILES string of the molecule is O=C(NCC1CCCC1)Nc1ccc(OC(F)(F)F)cc1. The van der Waals surface area contributed by atoms with Crippen LogP contribution in [0, 0.1) is 5.92 Å². The summed E-state index contributed by atoms with van der Waals surface area (Å²) in [6, 6.07) is 4.67. The normalized spacial score (nSPS) is 15.8. The summed E-state index contributed by atoms with van der Waals surface area (Å²) in [5, 5.41) is 5.33. The van der Waals surface area contributed by atoms with E-state index in [9.17, 15) is 18.0 Å². The topological polar surface area (TPSA) is 50.4 Å². The van der Waals surface area contributed by atoms with Crippen molar-refractivity contribution in [2.24, 2.45) is 5.92 Å². The van der Waals surface area contributed by atoms with Crippen LogP contribution in [-0.4, -0.2) is 18.9 Å². The molecule has 0 heterocycles. The maximum atomic E-state index is 12.0. The van der Waals surface area contributed by atoms with Crippen molar-refractivity contribution in [2.75, 3.05) is 11.9 Å². The van der Waals surface area contributed by atoms with E-state index in [1.807, 2.05) is 0 Å². The minimum Gasteiger partial charge on any atom is -0.406 e. The van der Waals surface area contributed by atoms with Gasteiger partial charge in [0.15, 0.2) is 0 Å². The van der Waals surface area contributed by atoms with Gasteiger partial charge in [0, 0.05) is 12.2 Å². The van der Waals surface area contributed by atoms with Gasteiger partial charge in [0.1, 0.15) is 5.75 Å². The van der Waals surface area contributed by atoms with Crippen LogP contribution in [0.25, 0.3) is 0 Å². The van der Waals surface area contributed by atoms with Gasteiger partial charge in [0.05, 0.1) is 0 Å². The predicted molar refractivity (Wildman–Crippen MR) is 72.1 cm³/mol. The van der Waals surface area contributed by atoms with Gasteiger partial charge >= 0.3 is 12.4 Å². The number of nitrogens with one attached hydrogen (secondary N) is 2. The van der Waals surface area contributed by atoms with Crippen molar-refractivity contribution < 1.29 is 22.7 Å². The zero-order valence-electron chi connectivity index (χ0n) is 11.4. The van der Waals surface area contributed by atoms with E-state index in [4.69, 9.17) is 0 Å². The van der Waals surface area contributed by atoms with E-state index < -0.39 is 6.36 Å². The van der Waals surface area contributed by atoms with Crippen LogP contribution in [0.5, 0.6) is 5.75 Å². The highest BCUT2D eigenvalue weighted by molar-refractivity contribution is 5.89. The van der Waals surface area contributed by atoms with Crippen molar-refractivity contribution >= 4 is 11.7 Å². The number of hydrogen-bond acceptors (Lipinski definition) is 2. The van der Waals surface area contributed by atoms with Gasteiger partial charge in [-0.15, -0.1) is 13.2 Å². The second kappa shape index (κ2) is 6.69. The molecule has 0 bridgehead atoms. The van der Waals surface area contributed by atoms with Crippen molar-refractivity contribution in [3.63, 3.8) is 0 Å². The van der Waals surface area contributed by atoms with Crippen LogP contribution >= 0.6 is 0 Å². The molecule has 4 nitrogen and oxygen atoms in total. The summed E-state index contributed by atoms with van der Waals surface area (Å²) in [4.78, 5) is 11.6. The van der Waals surface area contributed by atoms with E-state index in [1.54, 1.807) is 0 Å². The van der Waals surface area contributed by atoms with Crippen LogP contribution in [0.4, 0.5) is 23.7 Å². The van der Waals surface area contributed by atoms with Crippen molar-refractivity contribution in [3.05, 3.63) is 24.3 Å². The summed E-state index contributed by atoms with van der Waals surface area (Å²) < 4.78 is 39.7. The first-order valence-corrected chi connectivity index (χ1v) is 6.83. The quantitative estimate of drug-likeness (QED) is 0.886. The van der Waals surface area contributed by atoms with Gasteiger partial charge in [-0.1, -0.05) is 12.8 Å². The Kier molecular flexibility index (Phi) is 4.93. The van der Waals surface area contributed by atoms with E-state index in [1.165, 1.54) is 25.0 Å². The first-order valence-electron chi connectivity index (χ1n) is 6.83. The molecule has 21 heavy (non-hydrogen) atoms. The highest BCUT2D eigenvalue weighted by Gasteiger charge is 2.30. The zero-order chi connectivity index (χ0) is 15.3. The fourth-order valence-corrected chi connectivity index (χ4v) is 2.37. The van der Waals surface area contributed by atoms with Gasteiger partial charge in [-0.05, 0) is 43.0 Å². The molecule has 1 fully saturated rings. The van der Waals surface area contributed by atoms with Gasteiger partial charge < -0.3 is 15.4 Å². The fraction of sp³-hybridized carbons (Fsp3) is 0.500. The first-order chi connectivity index (χ1) is 9.92. The molecule has 0 radical (unpaired) electrons. The Morgan fingerprint density at radius 3 is 2.38 bits per heavy atom. The van der Waals surface area contributed by atoms with Gasteiger partial charge in [-0.3, -0.25) is 0 Å². The summed E-state index contributed by atoms with van der Waals surface area (Å²) >= 11 is 0. The largest absolute Gasteiger partial charge is 0.573 e. The van der Waals surface area contributed by atoms with Crippen LogP contribution < -0.4 is 15.4 Å². The minimum absolute atomic E-state index is 0.320. The van der Waals surface area contributed by atoms with E-state index in [0.29, 0.717) is 18.2 Å². The number of anilines is 1. The number of amides is 2. The summed E-state index contributed by atoms with van der Waals surface area (Å²) in [5.41, 5.74) is 0.411. The van der Waals surface area contributed by atoms with Gasteiger partial charge in [0.2, 0.25) is 0 Å². The van der Waals surface area contributed by atoms with Crippen molar-refractivity contribution in [1.82, 2.24) is 5.32 Å². The molecule has 1 aliphatic carbocycles. The maximum absolute atomic E-state index is 12.0. The molecule has 0 unspecified atom stereocenters. The van der Waals surface area contributed by atoms with E-state index in [-0.39, 0.29) is 11.8 Å². The number of halogens is 3. The smallest absolute Gasteiger partial charge is 0.406 e. The summed E-state index contributed by atoms with van der Waals surface area (Å²) in [6.07, 6.45) is -0.0512. The Morgan fingerprint density at radius 2 is 1.81 bits per heavy atom. The number of alkyl halides is 3. The number of urea groups is 1. The highest BCUT2D eigenvalue weighted by atomic mass is 19.4. The summed E-state index contributed by atoms with van der Waals surface area (Å²) in [5.74, 6) is 0.206. The average Bonchev–Trinajstić information content (AvgIpc) is 2.90. The lowest BCUT2D eigenvalue weighted by atomic mass is 10.1. The zero-order valence-corrected chi connectivity index (χ0v) is 11.4. The number of ether oxygens (including phenoxy) is 1. The third-order valence-corrected chi connectivity index (χ3v) is 3.37. The van der Waals surface area contributed by atoms with E-state index in [2.05, 4.69) is 15.4 Å². The van der Waals surface area contributed by atoms with Gasteiger partial charge in [0.25, 0.3) is 0 Å². The second-order valence-electron chi connectivity index (χ2n) is 5.06. The van der Waals surface area contributed by atoms with Crippen LogP contribution in [0.3, 0.4) is 0 Å². The Morgan fingerprint density at radius 1 is 1.19 bits per heavy atom. The fourth-order valence-electron chi connectivity index (χ4n) is 2.37. The maximum Gasteiger partial charge on any atom is 0.573 e. The lowest BCUT2D eigenvalue weighted by Gasteiger charge is -2.12. The standard InChI is InChI=1S/C14H17F3N2O2/c15-14(16,17)21-12-7-5-11(6-8-12)19-13(20)18-9-10-3-1-2-4-10/h5-8,10H,1-4,9H2,(H2,18,19,20). The Hall–Kier alpha value is -1.92. The molecule has 7 heteroatoms. The molecule has 1 aliphatic rings. The molecule has 2 N–H and O–H groups in total. The number of carbonyl (C=O) groups excluding carboxylic acids is 1. The molecule has 0 aliphatic heterocycles. The third-order valence-electron chi connectivity index (χ3n) is 3.37. The number of hydrogen-bond donors (Lipinski definition) is 2. The van der Waals surface area contributed by atoms with Crippen LogP contribution in [0.15, 0.2) is 24.3 Å². The van der Waals surface area contributed by atoms with Crippen LogP contribution in [-0.2, 0) is 0 Å². The molecule has 1 aromatic carbocycles. The van der Waals surface area contributed by atoms with Gasteiger partial charge in [-0.2, -0.15) is 0 Å². The second-order valence-corrected chi connectivity index (χ2v) is 5.06. The minimum atomic E-state index is -4.71. The lowest BCUT2D eigenvalue weighted by molar-refractivity contribution is -0.274. The predicted octanol–water partition coefficient (Wildman–Crippen LogP) is 3.90. The van der Waals surface area contributed by atoms with Gasteiger partial charge in [-0.25, -0.2) is 4.79 Å². The van der Waals surface area contributed by atoms with Crippen LogP contribution in [0.2, 0.25) is 0 Å². The molecule has 0 spiro atoms. The average molecular weight is 302 g/mol. The first kappa shape index (κ1) is 15.5. The number of rotatable bonds is 4. The monoisotopic (exact) mass is 302 g/mol. The van der Waals surface area contributed by atoms with E-state index in [0.717, 1.165) is 25.0 Å². The molecular formula is C14H17F3N2O2. The lowest BCUT2D eigenvalue weighted by Crippen LogP contribution is -2.32. The Bertz CT molecular complexity index is 468. The molecule has 2 rings (SSSR count). The molecule has 0 saturated heterocycles. The molecule has 2 amide bonds. The molecule has 1 saturated carbocycles. The van der Waals surface area contributed by atoms with Crippen molar-refractivity contribution in [2.45, 2.75) is 32.0 Å². The van der Waals surface area contributed by atoms with E-state index >= 15 is 0 Å². The third kappa shape index (κ3) is 5.53.